The molecule has 0 saturated heterocycles. The summed E-state index contributed by atoms with van der Waals surface area (Å²) >= 11 is 0. The lowest BCUT2D eigenvalue weighted by Gasteiger charge is -2.13. The average Bonchev–Trinajstić information content (AvgIpc) is 2.62. The Morgan fingerprint density at radius 2 is 1.41 bits per heavy atom. The van der Waals surface area contributed by atoms with E-state index in [0.717, 1.165) is 56.9 Å². The van der Waals surface area contributed by atoms with Crippen LogP contribution in [0.4, 0.5) is 0 Å². The van der Waals surface area contributed by atoms with Gasteiger partial charge in [0.1, 0.15) is 0 Å². The molecule has 0 radical (unpaired) electrons. The molecule has 4 heteroatoms. The van der Waals surface area contributed by atoms with Gasteiger partial charge in [-0.05, 0) is 49.3 Å². The topological polar surface area (TPSA) is 52.6 Å². The van der Waals surface area contributed by atoms with E-state index in [1.807, 2.05) is 12.1 Å². The summed E-state index contributed by atoms with van der Waals surface area (Å²) in [5.41, 5.74) is 1.09. The summed E-state index contributed by atoms with van der Waals surface area (Å²) in [6.45, 7) is 8.55. The third kappa shape index (κ3) is 10.2. The second-order valence-electron chi connectivity index (χ2n) is 7.58. The Hall–Kier alpha value is -1.84. The summed E-state index contributed by atoms with van der Waals surface area (Å²) in [4.78, 5) is 24.2. The number of ether oxygens (including phenoxy) is 2. The van der Waals surface area contributed by atoms with Gasteiger partial charge in [0, 0.05) is 12.8 Å². The van der Waals surface area contributed by atoms with E-state index in [-0.39, 0.29) is 11.9 Å². The summed E-state index contributed by atoms with van der Waals surface area (Å²) < 4.78 is 11.0. The fraction of sp³-hybridized carbons (Fsp3) is 0.652. The molecule has 0 aliphatic carbocycles. The molecule has 0 fully saturated rings. The molecule has 0 bridgehead atoms. The maximum atomic E-state index is 12.2. The molecule has 1 aromatic rings. The van der Waals surface area contributed by atoms with Crippen LogP contribution in [-0.2, 0) is 16.0 Å². The van der Waals surface area contributed by atoms with Gasteiger partial charge in [-0.2, -0.15) is 0 Å². The van der Waals surface area contributed by atoms with Crippen molar-refractivity contribution in [1.29, 1.82) is 0 Å². The van der Waals surface area contributed by atoms with E-state index < -0.39 is 0 Å². The Kier molecular flexibility index (Phi) is 11.5. The predicted octanol–water partition coefficient (Wildman–Crippen LogP) is 6.25. The normalized spacial score (nSPS) is 10.9. The number of aryl methyl sites for hydroxylation is 1. The summed E-state index contributed by atoms with van der Waals surface area (Å²) in [5.74, 6) is 0.755. The monoisotopic (exact) mass is 376 g/mol. The van der Waals surface area contributed by atoms with Gasteiger partial charge >= 0.3 is 11.9 Å². The molecular weight excluding hydrogens is 340 g/mol. The van der Waals surface area contributed by atoms with Gasteiger partial charge < -0.3 is 9.47 Å². The highest BCUT2D eigenvalue weighted by Gasteiger charge is 2.15. The lowest BCUT2D eigenvalue weighted by Crippen LogP contribution is -2.12. The molecule has 0 saturated carbocycles. The minimum atomic E-state index is -0.276. The van der Waals surface area contributed by atoms with Gasteiger partial charge in [-0.1, -0.05) is 59.4 Å². The fourth-order valence-electron chi connectivity index (χ4n) is 2.71. The van der Waals surface area contributed by atoms with Crippen molar-refractivity contribution < 1.29 is 19.1 Å². The van der Waals surface area contributed by atoms with Crippen molar-refractivity contribution in [1.82, 2.24) is 0 Å². The maximum absolute atomic E-state index is 12.2. The molecule has 0 unspecified atom stereocenters. The number of carbonyl (C=O) groups is 2. The van der Waals surface area contributed by atoms with Gasteiger partial charge in [0.15, 0.2) is 11.5 Å². The number of hydrogen-bond donors (Lipinski definition) is 0. The second kappa shape index (κ2) is 13.3. The number of hydrogen-bond acceptors (Lipinski definition) is 4. The van der Waals surface area contributed by atoms with Crippen LogP contribution in [0.5, 0.6) is 11.5 Å². The van der Waals surface area contributed by atoms with E-state index in [2.05, 4.69) is 27.7 Å². The van der Waals surface area contributed by atoms with Crippen molar-refractivity contribution in [2.75, 3.05) is 0 Å². The fourth-order valence-corrected chi connectivity index (χ4v) is 2.71. The molecule has 0 atom stereocenters. The number of unbranched alkanes of at least 4 members (excludes halogenated alkanes) is 4. The lowest BCUT2D eigenvalue weighted by molar-refractivity contribution is -0.137. The zero-order chi connectivity index (χ0) is 20.1. The minimum absolute atomic E-state index is 0.271. The first-order valence-corrected chi connectivity index (χ1v) is 10.5. The number of rotatable bonds is 13. The summed E-state index contributed by atoms with van der Waals surface area (Å²) in [7, 11) is 0. The van der Waals surface area contributed by atoms with Crippen LogP contribution in [0.2, 0.25) is 0 Å². The molecule has 0 spiro atoms. The molecule has 4 nitrogen and oxygen atoms in total. The molecule has 0 aliphatic rings. The van der Waals surface area contributed by atoms with Crippen LogP contribution in [0.1, 0.15) is 91.0 Å². The Bertz CT molecular complexity index is 578. The van der Waals surface area contributed by atoms with Crippen LogP contribution >= 0.6 is 0 Å². The molecule has 1 rings (SSSR count). The Morgan fingerprint density at radius 1 is 0.852 bits per heavy atom. The number of carbonyl (C=O) groups excluding carboxylic acids is 2. The van der Waals surface area contributed by atoms with Crippen molar-refractivity contribution in [3.05, 3.63) is 23.8 Å². The highest BCUT2D eigenvalue weighted by molar-refractivity contribution is 5.76. The SMILES string of the molecule is CCCCCC(=O)Oc1ccc(CCC(C)C)cc1OC(=O)CCCCC. The van der Waals surface area contributed by atoms with Crippen LogP contribution in [-0.4, -0.2) is 11.9 Å². The van der Waals surface area contributed by atoms with Crippen molar-refractivity contribution in [3.8, 4) is 11.5 Å². The summed E-state index contributed by atoms with van der Waals surface area (Å²) in [6, 6.07) is 5.54. The number of esters is 2. The van der Waals surface area contributed by atoms with E-state index >= 15 is 0 Å². The van der Waals surface area contributed by atoms with Crippen molar-refractivity contribution in [3.63, 3.8) is 0 Å². The highest BCUT2D eigenvalue weighted by atomic mass is 16.6. The van der Waals surface area contributed by atoms with Crippen LogP contribution in [0.3, 0.4) is 0 Å². The molecular formula is C23H36O4. The molecule has 27 heavy (non-hydrogen) atoms. The van der Waals surface area contributed by atoms with Crippen molar-refractivity contribution in [2.24, 2.45) is 5.92 Å². The van der Waals surface area contributed by atoms with Crippen molar-refractivity contribution >= 4 is 11.9 Å². The molecule has 0 aliphatic heterocycles. The Balaban J connectivity index is 2.82. The first-order chi connectivity index (χ1) is 13.0. The first kappa shape index (κ1) is 23.2. The van der Waals surface area contributed by atoms with Gasteiger partial charge in [0.2, 0.25) is 0 Å². The van der Waals surface area contributed by atoms with E-state index in [1.165, 1.54) is 0 Å². The van der Waals surface area contributed by atoms with Crippen LogP contribution in [0.15, 0.2) is 18.2 Å². The van der Waals surface area contributed by atoms with Crippen LogP contribution < -0.4 is 9.47 Å². The number of benzene rings is 1. The molecule has 1 aromatic carbocycles. The Labute approximate surface area is 164 Å². The van der Waals surface area contributed by atoms with Gasteiger partial charge in [-0.3, -0.25) is 9.59 Å². The standard InChI is InChI=1S/C23H36O4/c1-5-7-9-11-22(24)26-20-16-15-19(14-13-18(3)4)17-21(20)27-23(25)12-10-8-6-2/h15-18H,5-14H2,1-4H3. The maximum Gasteiger partial charge on any atom is 0.311 e. The molecule has 0 heterocycles. The van der Waals surface area contributed by atoms with E-state index in [9.17, 15) is 9.59 Å². The largest absolute Gasteiger partial charge is 0.423 e. The van der Waals surface area contributed by atoms with Gasteiger partial charge in [0.25, 0.3) is 0 Å². The Morgan fingerprint density at radius 3 is 1.93 bits per heavy atom. The van der Waals surface area contributed by atoms with Crippen LogP contribution in [0, 0.1) is 5.92 Å². The molecule has 0 N–H and O–H groups in total. The molecule has 0 amide bonds. The van der Waals surface area contributed by atoms with Gasteiger partial charge in [0.05, 0.1) is 0 Å². The zero-order valence-corrected chi connectivity index (χ0v) is 17.5. The summed E-state index contributed by atoms with van der Waals surface area (Å²) in [5, 5.41) is 0. The van der Waals surface area contributed by atoms with Crippen LogP contribution in [0.25, 0.3) is 0 Å². The third-order valence-corrected chi connectivity index (χ3v) is 4.43. The third-order valence-electron chi connectivity index (χ3n) is 4.43. The smallest absolute Gasteiger partial charge is 0.311 e. The summed E-state index contributed by atoms with van der Waals surface area (Å²) in [6.07, 6.45) is 8.47. The molecule has 0 aromatic heterocycles. The first-order valence-electron chi connectivity index (χ1n) is 10.5. The predicted molar refractivity (Wildman–Crippen MR) is 109 cm³/mol. The molecule has 152 valence electrons. The quantitative estimate of drug-likeness (QED) is 0.232. The highest BCUT2D eigenvalue weighted by Crippen LogP contribution is 2.30. The van der Waals surface area contributed by atoms with Gasteiger partial charge in [-0.25, -0.2) is 0 Å². The van der Waals surface area contributed by atoms with Crippen molar-refractivity contribution in [2.45, 2.75) is 91.9 Å². The second-order valence-corrected chi connectivity index (χ2v) is 7.58. The minimum Gasteiger partial charge on any atom is -0.423 e. The van der Waals surface area contributed by atoms with E-state index in [0.29, 0.717) is 30.3 Å². The average molecular weight is 377 g/mol. The van der Waals surface area contributed by atoms with E-state index in [4.69, 9.17) is 9.47 Å². The van der Waals surface area contributed by atoms with Gasteiger partial charge in [-0.15, -0.1) is 0 Å². The zero-order valence-electron chi connectivity index (χ0n) is 17.5. The van der Waals surface area contributed by atoms with E-state index in [1.54, 1.807) is 6.07 Å². The lowest BCUT2D eigenvalue weighted by atomic mass is 10.0.